The lowest BCUT2D eigenvalue weighted by Gasteiger charge is -2.18. The van der Waals surface area contributed by atoms with E-state index in [-0.39, 0.29) is 5.69 Å². The van der Waals surface area contributed by atoms with Crippen LogP contribution in [0.2, 0.25) is 0 Å². The number of halogens is 4. The summed E-state index contributed by atoms with van der Waals surface area (Å²) in [6.07, 6.45) is -5.33. The Balaban J connectivity index is 2.11. The lowest BCUT2D eigenvalue weighted by molar-refractivity contribution is -0.137. The van der Waals surface area contributed by atoms with Gasteiger partial charge in [-0.3, -0.25) is 4.79 Å². The molecule has 1 amide bonds. The van der Waals surface area contributed by atoms with Gasteiger partial charge in [0.25, 0.3) is 5.91 Å². The molecule has 0 aliphatic heterocycles. The van der Waals surface area contributed by atoms with E-state index in [9.17, 15) is 18.0 Å². The Morgan fingerprint density at radius 1 is 1.16 bits per heavy atom. The van der Waals surface area contributed by atoms with Crippen molar-refractivity contribution in [3.63, 3.8) is 0 Å². The van der Waals surface area contributed by atoms with E-state index in [0.29, 0.717) is 5.75 Å². The quantitative estimate of drug-likeness (QED) is 0.716. The van der Waals surface area contributed by atoms with Crippen molar-refractivity contribution >= 4 is 27.5 Å². The van der Waals surface area contributed by atoms with Crippen LogP contribution in [0.1, 0.15) is 23.6 Å². The van der Waals surface area contributed by atoms with Gasteiger partial charge in [-0.1, -0.05) is 22.0 Å². The maximum absolute atomic E-state index is 12.7. The largest absolute Gasteiger partial charge is 0.480 e. The van der Waals surface area contributed by atoms with E-state index in [1.54, 1.807) is 6.92 Å². The summed E-state index contributed by atoms with van der Waals surface area (Å²) >= 11 is 3.38. The van der Waals surface area contributed by atoms with Crippen LogP contribution in [-0.2, 0) is 11.0 Å². The van der Waals surface area contributed by atoms with Gasteiger partial charge in [0.05, 0.1) is 5.56 Å². The Morgan fingerprint density at radius 3 is 2.32 bits per heavy atom. The molecule has 3 nitrogen and oxygen atoms in total. The van der Waals surface area contributed by atoms with Crippen molar-refractivity contribution in [1.29, 1.82) is 0 Å². The number of amides is 1. The first-order valence-electron chi connectivity index (χ1n) is 7.49. The molecule has 1 N–H and O–H groups in total. The minimum absolute atomic E-state index is 0.0690. The summed E-state index contributed by atoms with van der Waals surface area (Å²) in [6.45, 7) is 5.25. The zero-order chi connectivity index (χ0) is 18.8. The van der Waals surface area contributed by atoms with Crippen molar-refractivity contribution < 1.29 is 22.7 Å². The third-order valence-electron chi connectivity index (χ3n) is 3.55. The van der Waals surface area contributed by atoms with Gasteiger partial charge in [0.1, 0.15) is 5.75 Å². The average molecular weight is 416 g/mol. The molecule has 1 unspecified atom stereocenters. The number of carbonyl (C=O) groups is 1. The molecule has 0 aliphatic carbocycles. The second-order valence-electron chi connectivity index (χ2n) is 5.70. The van der Waals surface area contributed by atoms with E-state index in [1.807, 2.05) is 26.0 Å². The predicted molar refractivity (Wildman–Crippen MR) is 93.8 cm³/mol. The number of hydrogen-bond donors (Lipinski definition) is 1. The van der Waals surface area contributed by atoms with Gasteiger partial charge in [-0.15, -0.1) is 0 Å². The second-order valence-corrected chi connectivity index (χ2v) is 6.61. The van der Waals surface area contributed by atoms with E-state index in [0.717, 1.165) is 27.7 Å². The first-order chi connectivity index (χ1) is 11.6. The predicted octanol–water partition coefficient (Wildman–Crippen LogP) is 5.49. The van der Waals surface area contributed by atoms with Crippen molar-refractivity contribution in [2.45, 2.75) is 33.1 Å². The number of nitrogens with one attached hydrogen (secondary N) is 1. The number of aryl methyl sites for hydroxylation is 2. The highest BCUT2D eigenvalue weighted by Gasteiger charge is 2.30. The number of ether oxygens (including phenoxy) is 1. The summed E-state index contributed by atoms with van der Waals surface area (Å²) in [4.78, 5) is 12.2. The molecule has 1 atom stereocenters. The number of carbonyl (C=O) groups excluding carboxylic acids is 1. The molecular formula is C18H17BrF3NO2. The van der Waals surface area contributed by atoms with Crippen LogP contribution in [-0.4, -0.2) is 12.0 Å². The number of alkyl halides is 3. The van der Waals surface area contributed by atoms with E-state index in [1.165, 1.54) is 12.1 Å². The maximum atomic E-state index is 12.7. The van der Waals surface area contributed by atoms with Gasteiger partial charge < -0.3 is 10.1 Å². The number of anilines is 1. The second kappa shape index (κ2) is 7.47. The van der Waals surface area contributed by atoms with Crippen molar-refractivity contribution in [3.8, 4) is 5.75 Å². The molecule has 0 spiro atoms. The van der Waals surface area contributed by atoms with Crippen LogP contribution in [0.25, 0.3) is 0 Å². The van der Waals surface area contributed by atoms with Crippen LogP contribution in [0.3, 0.4) is 0 Å². The lowest BCUT2D eigenvalue weighted by atomic mass is 10.1. The normalized spacial score (nSPS) is 12.6. The molecular weight excluding hydrogens is 399 g/mol. The van der Waals surface area contributed by atoms with E-state index < -0.39 is 23.8 Å². The van der Waals surface area contributed by atoms with Gasteiger partial charge >= 0.3 is 6.18 Å². The van der Waals surface area contributed by atoms with Crippen molar-refractivity contribution in [3.05, 3.63) is 57.6 Å². The maximum Gasteiger partial charge on any atom is 0.416 e. The van der Waals surface area contributed by atoms with Crippen molar-refractivity contribution in [2.24, 2.45) is 0 Å². The lowest BCUT2D eigenvalue weighted by Crippen LogP contribution is -2.30. The molecule has 0 heterocycles. The van der Waals surface area contributed by atoms with Crippen LogP contribution >= 0.6 is 15.9 Å². The van der Waals surface area contributed by atoms with E-state index in [2.05, 4.69) is 21.2 Å². The fourth-order valence-corrected chi connectivity index (χ4v) is 3.02. The highest BCUT2D eigenvalue weighted by Crippen LogP contribution is 2.31. The molecule has 134 valence electrons. The van der Waals surface area contributed by atoms with Crippen LogP contribution in [0.15, 0.2) is 40.9 Å². The summed E-state index contributed by atoms with van der Waals surface area (Å²) in [5, 5.41) is 2.45. The molecule has 2 aromatic rings. The number of benzene rings is 2. The Kier molecular flexibility index (Phi) is 5.77. The molecule has 0 aliphatic rings. The Labute approximate surface area is 152 Å². The van der Waals surface area contributed by atoms with Gasteiger partial charge in [-0.2, -0.15) is 13.2 Å². The zero-order valence-corrected chi connectivity index (χ0v) is 15.5. The van der Waals surface area contributed by atoms with Gasteiger partial charge in [0, 0.05) is 10.2 Å². The van der Waals surface area contributed by atoms with Crippen LogP contribution in [0.4, 0.5) is 18.9 Å². The summed E-state index contributed by atoms with van der Waals surface area (Å²) < 4.78 is 44.8. The standard InChI is InChI=1S/C18H17BrF3NO2/c1-10-7-14(19)8-11(2)16(10)25-12(3)17(24)23-15-6-4-5-13(9-15)18(20,21)22/h4-9,12H,1-3H3,(H,23,24). The fourth-order valence-electron chi connectivity index (χ4n) is 2.33. The highest BCUT2D eigenvalue weighted by atomic mass is 79.9. The monoisotopic (exact) mass is 415 g/mol. The minimum Gasteiger partial charge on any atom is -0.480 e. The Hall–Kier alpha value is -2.02. The molecule has 0 saturated carbocycles. The summed E-state index contributed by atoms with van der Waals surface area (Å²) in [5.41, 5.74) is 0.953. The third kappa shape index (κ3) is 4.98. The SMILES string of the molecule is Cc1cc(Br)cc(C)c1OC(C)C(=O)Nc1cccc(C(F)(F)F)c1. The van der Waals surface area contributed by atoms with Crippen LogP contribution < -0.4 is 10.1 Å². The van der Waals surface area contributed by atoms with Crippen molar-refractivity contribution in [2.75, 3.05) is 5.32 Å². The number of rotatable bonds is 4. The molecule has 2 aromatic carbocycles. The Morgan fingerprint density at radius 2 is 1.76 bits per heavy atom. The van der Waals surface area contributed by atoms with E-state index in [4.69, 9.17) is 4.74 Å². The molecule has 0 aromatic heterocycles. The number of hydrogen-bond acceptors (Lipinski definition) is 2. The van der Waals surface area contributed by atoms with Crippen LogP contribution in [0, 0.1) is 13.8 Å². The summed E-state index contributed by atoms with van der Waals surface area (Å²) in [5.74, 6) is 0.0518. The molecule has 25 heavy (non-hydrogen) atoms. The Bertz CT molecular complexity index is 767. The smallest absolute Gasteiger partial charge is 0.416 e. The molecule has 2 rings (SSSR count). The molecule has 7 heteroatoms. The molecule has 0 fully saturated rings. The van der Waals surface area contributed by atoms with Crippen molar-refractivity contribution in [1.82, 2.24) is 0 Å². The van der Waals surface area contributed by atoms with Gasteiger partial charge in [-0.25, -0.2) is 0 Å². The topological polar surface area (TPSA) is 38.3 Å². The highest BCUT2D eigenvalue weighted by molar-refractivity contribution is 9.10. The first-order valence-corrected chi connectivity index (χ1v) is 8.28. The van der Waals surface area contributed by atoms with Gasteiger partial charge in [0.2, 0.25) is 0 Å². The van der Waals surface area contributed by atoms with E-state index >= 15 is 0 Å². The van der Waals surface area contributed by atoms with Gasteiger partial charge in [0.15, 0.2) is 6.10 Å². The van der Waals surface area contributed by atoms with Gasteiger partial charge in [-0.05, 0) is 62.2 Å². The zero-order valence-electron chi connectivity index (χ0n) is 13.9. The first kappa shape index (κ1) is 19.3. The summed E-state index contributed by atoms with van der Waals surface area (Å²) in [6, 6.07) is 8.20. The minimum atomic E-state index is -4.46. The molecule has 0 bridgehead atoms. The summed E-state index contributed by atoms with van der Waals surface area (Å²) in [7, 11) is 0. The fraction of sp³-hybridized carbons (Fsp3) is 0.278. The molecule has 0 radical (unpaired) electrons. The molecule has 0 saturated heterocycles. The third-order valence-corrected chi connectivity index (χ3v) is 4.00. The van der Waals surface area contributed by atoms with Crippen LogP contribution in [0.5, 0.6) is 5.75 Å². The average Bonchev–Trinajstić information content (AvgIpc) is 2.50.